The van der Waals surface area contributed by atoms with Crippen LogP contribution in [-0.2, 0) is 0 Å². The Morgan fingerprint density at radius 2 is 1.89 bits per heavy atom. The number of ether oxygens (including phenoxy) is 1. The van der Waals surface area contributed by atoms with Gasteiger partial charge in [0, 0.05) is 12.4 Å². The third-order valence-electron chi connectivity index (χ3n) is 2.74. The number of nitrogens with zero attached hydrogens (tertiary/aromatic N) is 2. The molecule has 1 aromatic carbocycles. The zero-order valence-corrected chi connectivity index (χ0v) is 10.4. The Morgan fingerprint density at radius 1 is 1.21 bits per heavy atom. The van der Waals surface area contributed by atoms with E-state index in [2.05, 4.69) is 9.97 Å². The molecule has 1 heterocycles. The highest BCUT2D eigenvalue weighted by Gasteiger charge is 2.25. The lowest BCUT2D eigenvalue weighted by Gasteiger charge is -2.15. The number of methoxy groups -OCH3 is 1. The third-order valence-corrected chi connectivity index (χ3v) is 2.74. The average Bonchev–Trinajstić information content (AvgIpc) is 2.43. The van der Waals surface area contributed by atoms with Crippen molar-refractivity contribution in [3.8, 4) is 5.88 Å². The van der Waals surface area contributed by atoms with Gasteiger partial charge in [0.15, 0.2) is 0 Å². The summed E-state index contributed by atoms with van der Waals surface area (Å²) in [5.74, 6) is -1.63. The van der Waals surface area contributed by atoms with Crippen LogP contribution in [-0.4, -0.2) is 22.2 Å². The molecule has 0 bridgehead atoms. The SMILES string of the molecule is COc1nccnc1C(O)c1c(F)ccc(C)c1F. The Labute approximate surface area is 108 Å². The van der Waals surface area contributed by atoms with E-state index in [4.69, 9.17) is 4.74 Å². The van der Waals surface area contributed by atoms with Gasteiger partial charge >= 0.3 is 0 Å². The Kier molecular flexibility index (Phi) is 3.71. The van der Waals surface area contributed by atoms with Crippen LogP contribution in [0.15, 0.2) is 24.5 Å². The summed E-state index contributed by atoms with van der Waals surface area (Å²) in [7, 11) is 1.34. The van der Waals surface area contributed by atoms with Gasteiger partial charge in [-0.25, -0.2) is 13.8 Å². The fourth-order valence-corrected chi connectivity index (χ4v) is 1.75. The molecular formula is C13H12F2N2O2. The number of aromatic nitrogens is 2. The molecule has 0 aliphatic carbocycles. The highest BCUT2D eigenvalue weighted by molar-refractivity contribution is 5.35. The van der Waals surface area contributed by atoms with Crippen molar-refractivity contribution in [1.82, 2.24) is 9.97 Å². The molecule has 6 heteroatoms. The lowest BCUT2D eigenvalue weighted by Crippen LogP contribution is -2.11. The predicted molar refractivity (Wildman–Crippen MR) is 63.7 cm³/mol. The van der Waals surface area contributed by atoms with Crippen LogP contribution in [0.25, 0.3) is 0 Å². The molecule has 0 aliphatic heterocycles. The highest BCUT2D eigenvalue weighted by atomic mass is 19.1. The number of aliphatic hydroxyl groups excluding tert-OH is 1. The number of hydrogen-bond acceptors (Lipinski definition) is 4. The monoisotopic (exact) mass is 266 g/mol. The molecule has 0 aliphatic rings. The summed E-state index contributed by atoms with van der Waals surface area (Å²) in [5, 5.41) is 10.1. The highest BCUT2D eigenvalue weighted by Crippen LogP contribution is 2.30. The standard InChI is InChI=1S/C13H12F2N2O2/c1-7-3-4-8(14)9(10(7)15)12(18)11-13(19-2)17-6-5-16-11/h3-6,12,18H,1-2H3. The first-order valence-corrected chi connectivity index (χ1v) is 5.53. The van der Waals surface area contributed by atoms with Gasteiger partial charge in [-0.3, -0.25) is 4.98 Å². The van der Waals surface area contributed by atoms with Crippen LogP contribution in [0.1, 0.15) is 22.9 Å². The van der Waals surface area contributed by atoms with Crippen LogP contribution < -0.4 is 4.74 Å². The van der Waals surface area contributed by atoms with Crippen LogP contribution in [0.2, 0.25) is 0 Å². The maximum Gasteiger partial charge on any atom is 0.238 e. The zero-order valence-electron chi connectivity index (χ0n) is 10.4. The summed E-state index contributed by atoms with van der Waals surface area (Å²) in [5.41, 5.74) is -0.259. The van der Waals surface area contributed by atoms with Crippen molar-refractivity contribution in [2.75, 3.05) is 7.11 Å². The third kappa shape index (κ3) is 2.39. The van der Waals surface area contributed by atoms with Gasteiger partial charge in [-0.1, -0.05) is 6.07 Å². The number of halogens is 2. The van der Waals surface area contributed by atoms with Crippen LogP contribution in [0, 0.1) is 18.6 Å². The Balaban J connectivity index is 2.56. The maximum atomic E-state index is 13.9. The maximum absolute atomic E-state index is 13.9. The van der Waals surface area contributed by atoms with Crippen LogP contribution in [0.5, 0.6) is 5.88 Å². The zero-order chi connectivity index (χ0) is 14.0. The first-order valence-electron chi connectivity index (χ1n) is 5.53. The molecule has 0 spiro atoms. The summed E-state index contributed by atoms with van der Waals surface area (Å²) in [4.78, 5) is 7.70. The fraction of sp³-hybridized carbons (Fsp3) is 0.231. The van der Waals surface area contributed by atoms with E-state index in [1.165, 1.54) is 32.5 Å². The van der Waals surface area contributed by atoms with Gasteiger partial charge in [-0.2, -0.15) is 0 Å². The van der Waals surface area contributed by atoms with E-state index in [9.17, 15) is 13.9 Å². The molecule has 100 valence electrons. The van der Waals surface area contributed by atoms with E-state index in [1.54, 1.807) is 0 Å². The number of benzene rings is 1. The number of rotatable bonds is 3. The first-order chi connectivity index (χ1) is 9.06. The molecule has 0 saturated carbocycles. The normalized spacial score (nSPS) is 12.3. The molecule has 0 amide bonds. The van der Waals surface area contributed by atoms with Crippen molar-refractivity contribution in [2.24, 2.45) is 0 Å². The average molecular weight is 266 g/mol. The summed E-state index contributed by atoms with van der Waals surface area (Å²) in [6.45, 7) is 1.49. The summed E-state index contributed by atoms with van der Waals surface area (Å²) in [6.07, 6.45) is 1.09. The van der Waals surface area contributed by atoms with Crippen LogP contribution in [0.4, 0.5) is 8.78 Å². The van der Waals surface area contributed by atoms with Gasteiger partial charge in [0.2, 0.25) is 5.88 Å². The molecular weight excluding hydrogens is 254 g/mol. The van der Waals surface area contributed by atoms with Gasteiger partial charge in [-0.05, 0) is 18.6 Å². The van der Waals surface area contributed by atoms with Gasteiger partial charge in [0.25, 0.3) is 0 Å². The molecule has 2 rings (SSSR count). The molecule has 0 radical (unpaired) electrons. The van der Waals surface area contributed by atoms with Crippen molar-refractivity contribution in [3.05, 3.63) is 53.0 Å². The Morgan fingerprint density at radius 3 is 2.58 bits per heavy atom. The predicted octanol–water partition coefficient (Wildman–Crippen LogP) is 2.15. The minimum absolute atomic E-state index is 0.0234. The molecule has 1 aromatic heterocycles. The van der Waals surface area contributed by atoms with Crippen molar-refractivity contribution < 1.29 is 18.6 Å². The van der Waals surface area contributed by atoms with Gasteiger partial charge in [-0.15, -0.1) is 0 Å². The second-order valence-electron chi connectivity index (χ2n) is 3.95. The Hall–Kier alpha value is -2.08. The summed E-state index contributed by atoms with van der Waals surface area (Å²) < 4.78 is 32.6. The number of aliphatic hydroxyl groups is 1. The van der Waals surface area contributed by atoms with Gasteiger partial charge < -0.3 is 9.84 Å². The molecule has 19 heavy (non-hydrogen) atoms. The van der Waals surface area contributed by atoms with E-state index >= 15 is 0 Å². The van der Waals surface area contributed by atoms with Crippen molar-refractivity contribution in [1.29, 1.82) is 0 Å². The van der Waals surface area contributed by atoms with E-state index in [0.29, 0.717) is 0 Å². The summed E-state index contributed by atoms with van der Waals surface area (Å²) >= 11 is 0. The first kappa shape index (κ1) is 13.4. The molecule has 0 fully saturated rings. The molecule has 1 unspecified atom stereocenters. The minimum atomic E-state index is -1.58. The smallest absolute Gasteiger partial charge is 0.238 e. The Bertz CT molecular complexity index is 605. The lowest BCUT2D eigenvalue weighted by atomic mass is 10.0. The second kappa shape index (κ2) is 5.27. The van der Waals surface area contributed by atoms with Crippen molar-refractivity contribution in [3.63, 3.8) is 0 Å². The lowest BCUT2D eigenvalue weighted by molar-refractivity contribution is 0.197. The number of aryl methyl sites for hydroxylation is 1. The molecule has 1 atom stereocenters. The van der Waals surface area contributed by atoms with Gasteiger partial charge in [0.1, 0.15) is 23.4 Å². The largest absolute Gasteiger partial charge is 0.480 e. The van der Waals surface area contributed by atoms with Gasteiger partial charge in [0.05, 0.1) is 12.7 Å². The molecule has 2 aromatic rings. The van der Waals surface area contributed by atoms with Crippen molar-refractivity contribution in [2.45, 2.75) is 13.0 Å². The second-order valence-corrected chi connectivity index (χ2v) is 3.95. The topological polar surface area (TPSA) is 55.2 Å². The van der Waals surface area contributed by atoms with Crippen LogP contribution in [0.3, 0.4) is 0 Å². The quantitative estimate of drug-likeness (QED) is 0.924. The molecule has 4 nitrogen and oxygen atoms in total. The van der Waals surface area contributed by atoms with Crippen LogP contribution >= 0.6 is 0 Å². The van der Waals surface area contributed by atoms with E-state index < -0.39 is 23.3 Å². The fourth-order valence-electron chi connectivity index (χ4n) is 1.75. The summed E-state index contributed by atoms with van der Waals surface area (Å²) in [6, 6.07) is 2.40. The van der Waals surface area contributed by atoms with E-state index in [-0.39, 0.29) is 17.1 Å². The van der Waals surface area contributed by atoms with Crippen molar-refractivity contribution >= 4 is 0 Å². The molecule has 0 saturated heterocycles. The van der Waals surface area contributed by atoms with E-state index in [1.807, 2.05) is 0 Å². The number of hydrogen-bond donors (Lipinski definition) is 1. The van der Waals surface area contributed by atoms with E-state index in [0.717, 1.165) is 6.07 Å². The molecule has 1 N–H and O–H groups in total. The minimum Gasteiger partial charge on any atom is -0.480 e.